The van der Waals surface area contributed by atoms with Gasteiger partial charge in [-0.3, -0.25) is 0 Å². The number of hydrogen-bond donors (Lipinski definition) is 2. The molecule has 0 amide bonds. The van der Waals surface area contributed by atoms with Crippen molar-refractivity contribution in [3.05, 3.63) is 11.8 Å². The summed E-state index contributed by atoms with van der Waals surface area (Å²) < 4.78 is 0. The number of aryl methyl sites for hydroxylation is 1. The summed E-state index contributed by atoms with van der Waals surface area (Å²) in [6, 6.07) is 2.60. The Balaban J connectivity index is 1.70. The Morgan fingerprint density at radius 2 is 2.14 bits per heavy atom. The van der Waals surface area contributed by atoms with Crippen molar-refractivity contribution in [2.45, 2.75) is 45.6 Å². The van der Waals surface area contributed by atoms with E-state index < -0.39 is 0 Å². The number of nitrogens with zero attached hydrogens (tertiary/aromatic N) is 3. The predicted octanol–water partition coefficient (Wildman–Crippen LogP) is 2.47. The predicted molar refractivity (Wildman–Crippen MR) is 89.8 cm³/mol. The molecule has 1 aromatic rings. The third-order valence-corrected chi connectivity index (χ3v) is 4.18. The van der Waals surface area contributed by atoms with Crippen LogP contribution in [0.5, 0.6) is 0 Å². The molecule has 0 spiro atoms. The lowest BCUT2D eigenvalue weighted by molar-refractivity contribution is 0.444. The van der Waals surface area contributed by atoms with Crippen molar-refractivity contribution in [1.82, 2.24) is 15.3 Å². The quantitative estimate of drug-likeness (QED) is 0.837. The van der Waals surface area contributed by atoms with E-state index in [1.54, 1.807) is 0 Å². The molecule has 2 fully saturated rings. The van der Waals surface area contributed by atoms with E-state index in [4.69, 9.17) is 12.2 Å². The van der Waals surface area contributed by atoms with Crippen LogP contribution >= 0.6 is 12.2 Å². The molecule has 1 atom stereocenters. The Kier molecular flexibility index (Phi) is 4.24. The van der Waals surface area contributed by atoms with E-state index in [9.17, 15) is 0 Å². The average molecular weight is 305 g/mol. The molecule has 5 nitrogen and oxygen atoms in total. The van der Waals surface area contributed by atoms with Gasteiger partial charge in [0.2, 0.25) is 5.95 Å². The second-order valence-electron chi connectivity index (χ2n) is 6.26. The second-order valence-corrected chi connectivity index (χ2v) is 6.67. The molecule has 3 rings (SSSR count). The van der Waals surface area contributed by atoms with E-state index in [0.717, 1.165) is 30.5 Å². The van der Waals surface area contributed by atoms with Gasteiger partial charge in [-0.2, -0.15) is 4.98 Å². The molecule has 1 saturated carbocycles. The highest BCUT2D eigenvalue weighted by Gasteiger charge is 2.22. The molecule has 2 aliphatic rings. The fourth-order valence-electron chi connectivity index (χ4n) is 2.72. The first-order chi connectivity index (χ1) is 10.1. The number of hydrogen-bond acceptors (Lipinski definition) is 4. The molecule has 6 heteroatoms. The minimum atomic E-state index is 0.539. The van der Waals surface area contributed by atoms with Crippen LogP contribution in [-0.2, 0) is 0 Å². The van der Waals surface area contributed by atoms with Crippen LogP contribution in [0.3, 0.4) is 0 Å². The standard InChI is InChI=1S/C15H23N5S/c1-10-4-3-7-20(9-10)13-8-11(2)16-14(18-13)19-15(21)17-12-5-6-12/h8,10,12H,3-7,9H2,1-2H3,(H2,16,17,18,19,21)/t10-/m1/s1. The summed E-state index contributed by atoms with van der Waals surface area (Å²) >= 11 is 5.30. The van der Waals surface area contributed by atoms with Crippen LogP contribution in [0.1, 0.15) is 38.3 Å². The fourth-order valence-corrected chi connectivity index (χ4v) is 2.98. The van der Waals surface area contributed by atoms with Crippen LogP contribution < -0.4 is 15.5 Å². The zero-order chi connectivity index (χ0) is 14.8. The van der Waals surface area contributed by atoms with E-state index in [1.807, 2.05) is 6.92 Å². The molecule has 0 radical (unpaired) electrons. The van der Waals surface area contributed by atoms with E-state index in [1.165, 1.54) is 25.7 Å². The first-order valence-corrected chi connectivity index (χ1v) is 8.19. The van der Waals surface area contributed by atoms with Crippen molar-refractivity contribution in [2.75, 3.05) is 23.3 Å². The monoisotopic (exact) mass is 305 g/mol. The highest BCUT2D eigenvalue weighted by atomic mass is 32.1. The van der Waals surface area contributed by atoms with Crippen molar-refractivity contribution in [3.8, 4) is 0 Å². The summed E-state index contributed by atoms with van der Waals surface area (Å²) in [5, 5.41) is 7.00. The Hall–Kier alpha value is -1.43. The van der Waals surface area contributed by atoms with Crippen molar-refractivity contribution >= 4 is 29.1 Å². The van der Waals surface area contributed by atoms with Crippen LogP contribution in [0.25, 0.3) is 0 Å². The zero-order valence-corrected chi connectivity index (χ0v) is 13.5. The number of anilines is 2. The molecular weight excluding hydrogens is 282 g/mol. The lowest BCUT2D eigenvalue weighted by atomic mass is 10.0. The summed E-state index contributed by atoms with van der Waals surface area (Å²) in [6.07, 6.45) is 4.94. The SMILES string of the molecule is Cc1cc(N2CCC[C@@H](C)C2)nc(NC(=S)NC2CC2)n1. The van der Waals surface area contributed by atoms with Gasteiger partial charge >= 0.3 is 0 Å². The van der Waals surface area contributed by atoms with Crippen LogP contribution in [0.4, 0.5) is 11.8 Å². The van der Waals surface area contributed by atoms with Gasteiger partial charge in [-0.05, 0) is 50.7 Å². The molecule has 1 aliphatic carbocycles. The van der Waals surface area contributed by atoms with Crippen molar-refractivity contribution < 1.29 is 0 Å². The molecule has 2 N–H and O–H groups in total. The number of piperidine rings is 1. The molecule has 2 heterocycles. The molecule has 1 aliphatic heterocycles. The first kappa shape index (κ1) is 14.5. The number of nitrogens with one attached hydrogen (secondary N) is 2. The lowest BCUT2D eigenvalue weighted by Crippen LogP contribution is -2.35. The van der Waals surface area contributed by atoms with Crippen LogP contribution in [0.15, 0.2) is 6.07 Å². The summed E-state index contributed by atoms with van der Waals surface area (Å²) in [5.74, 6) is 2.33. The molecule has 114 valence electrons. The summed E-state index contributed by atoms with van der Waals surface area (Å²) in [7, 11) is 0. The third-order valence-electron chi connectivity index (χ3n) is 3.96. The van der Waals surface area contributed by atoms with Gasteiger partial charge in [0.15, 0.2) is 5.11 Å². The maximum Gasteiger partial charge on any atom is 0.231 e. The van der Waals surface area contributed by atoms with E-state index in [2.05, 4.69) is 38.5 Å². The Morgan fingerprint density at radius 3 is 2.86 bits per heavy atom. The van der Waals surface area contributed by atoms with Crippen molar-refractivity contribution in [2.24, 2.45) is 5.92 Å². The maximum absolute atomic E-state index is 5.30. The molecule has 1 aromatic heterocycles. The van der Waals surface area contributed by atoms with Crippen molar-refractivity contribution in [3.63, 3.8) is 0 Å². The smallest absolute Gasteiger partial charge is 0.231 e. The number of thiocarbonyl (C=S) groups is 1. The highest BCUT2D eigenvalue weighted by Crippen LogP contribution is 2.23. The number of rotatable bonds is 3. The Morgan fingerprint density at radius 1 is 1.33 bits per heavy atom. The van der Waals surface area contributed by atoms with E-state index in [0.29, 0.717) is 17.1 Å². The van der Waals surface area contributed by atoms with Crippen LogP contribution in [0, 0.1) is 12.8 Å². The fraction of sp³-hybridized carbons (Fsp3) is 0.667. The van der Waals surface area contributed by atoms with E-state index in [-0.39, 0.29) is 0 Å². The Bertz CT molecular complexity index is 529. The van der Waals surface area contributed by atoms with Crippen LogP contribution in [-0.4, -0.2) is 34.2 Å². The van der Waals surface area contributed by atoms with Gasteiger partial charge in [0.25, 0.3) is 0 Å². The van der Waals surface area contributed by atoms with Crippen LogP contribution in [0.2, 0.25) is 0 Å². The minimum Gasteiger partial charge on any atom is -0.360 e. The first-order valence-electron chi connectivity index (χ1n) is 7.78. The minimum absolute atomic E-state index is 0.539. The summed E-state index contributed by atoms with van der Waals surface area (Å²) in [5.41, 5.74) is 0.968. The molecule has 0 aromatic carbocycles. The molecular formula is C15H23N5S. The van der Waals surface area contributed by atoms with Gasteiger partial charge < -0.3 is 15.5 Å². The van der Waals surface area contributed by atoms with Gasteiger partial charge in [0.1, 0.15) is 5.82 Å². The molecule has 0 unspecified atom stereocenters. The molecule has 1 saturated heterocycles. The largest absolute Gasteiger partial charge is 0.360 e. The number of aromatic nitrogens is 2. The van der Waals surface area contributed by atoms with Gasteiger partial charge in [-0.25, -0.2) is 4.98 Å². The second kappa shape index (κ2) is 6.13. The third kappa shape index (κ3) is 4.03. The summed E-state index contributed by atoms with van der Waals surface area (Å²) in [6.45, 7) is 6.45. The van der Waals surface area contributed by atoms with Gasteiger partial charge in [-0.1, -0.05) is 6.92 Å². The topological polar surface area (TPSA) is 53.1 Å². The van der Waals surface area contributed by atoms with Gasteiger partial charge in [0, 0.05) is 30.9 Å². The van der Waals surface area contributed by atoms with E-state index >= 15 is 0 Å². The average Bonchev–Trinajstić information content (AvgIpc) is 3.21. The maximum atomic E-state index is 5.30. The Labute approximate surface area is 131 Å². The normalized spacial score (nSPS) is 22.0. The van der Waals surface area contributed by atoms with Gasteiger partial charge in [-0.15, -0.1) is 0 Å². The molecule has 21 heavy (non-hydrogen) atoms. The van der Waals surface area contributed by atoms with Gasteiger partial charge in [0.05, 0.1) is 0 Å². The molecule has 0 bridgehead atoms. The van der Waals surface area contributed by atoms with Crippen molar-refractivity contribution in [1.29, 1.82) is 0 Å². The zero-order valence-electron chi connectivity index (χ0n) is 12.7. The highest BCUT2D eigenvalue weighted by molar-refractivity contribution is 7.80. The summed E-state index contributed by atoms with van der Waals surface area (Å²) in [4.78, 5) is 11.4. The lowest BCUT2D eigenvalue weighted by Gasteiger charge is -2.32.